The van der Waals surface area contributed by atoms with Crippen LogP contribution in [0.25, 0.3) is 0 Å². The van der Waals surface area contributed by atoms with Gasteiger partial charge in [0.05, 0.1) is 0 Å². The number of hydrogen-bond acceptors (Lipinski definition) is 1. The van der Waals surface area contributed by atoms with Gasteiger partial charge in [0, 0.05) is 5.33 Å². The van der Waals surface area contributed by atoms with E-state index in [1.807, 2.05) is 6.08 Å². The van der Waals surface area contributed by atoms with Crippen LogP contribution < -0.4 is 0 Å². The number of rotatable bonds is 13. The van der Waals surface area contributed by atoms with E-state index in [1.54, 1.807) is 6.08 Å². The first-order valence-corrected chi connectivity index (χ1v) is 8.20. The van der Waals surface area contributed by atoms with Crippen molar-refractivity contribution in [2.45, 2.75) is 70.6 Å². The van der Waals surface area contributed by atoms with Gasteiger partial charge in [0.2, 0.25) is 0 Å². The number of carbonyl (C=O) groups excluding carboxylic acids is 1. The lowest BCUT2D eigenvalue weighted by Crippen LogP contribution is -1.82. The van der Waals surface area contributed by atoms with E-state index in [0.29, 0.717) is 0 Å². The third kappa shape index (κ3) is 15.9. The molecule has 0 amide bonds. The fourth-order valence-corrected chi connectivity index (χ4v) is 2.32. The van der Waals surface area contributed by atoms with E-state index in [4.69, 9.17) is 0 Å². The van der Waals surface area contributed by atoms with Crippen molar-refractivity contribution in [3.63, 3.8) is 0 Å². The third-order valence-corrected chi connectivity index (χ3v) is 3.53. The van der Waals surface area contributed by atoms with Crippen molar-refractivity contribution in [1.82, 2.24) is 0 Å². The second-order valence-electron chi connectivity index (χ2n) is 4.58. The Balaban J connectivity index is 2.93. The van der Waals surface area contributed by atoms with Crippen LogP contribution in [0.5, 0.6) is 0 Å². The fourth-order valence-electron chi connectivity index (χ4n) is 1.92. The van der Waals surface area contributed by atoms with Crippen molar-refractivity contribution < 1.29 is 4.79 Å². The monoisotopic (exact) mass is 302 g/mol. The third-order valence-electron chi connectivity index (χ3n) is 2.97. The highest BCUT2D eigenvalue weighted by molar-refractivity contribution is 9.09. The molecule has 0 aromatic rings. The molecule has 0 aliphatic rings. The highest BCUT2D eigenvalue weighted by Gasteiger charge is 1.92. The summed E-state index contributed by atoms with van der Waals surface area (Å²) in [5.41, 5.74) is 0. The minimum Gasteiger partial charge on any atom is -0.299 e. The van der Waals surface area contributed by atoms with Gasteiger partial charge in [-0.2, -0.15) is 0 Å². The first kappa shape index (κ1) is 16.9. The summed E-state index contributed by atoms with van der Waals surface area (Å²) < 4.78 is 0. The molecule has 0 saturated carbocycles. The summed E-state index contributed by atoms with van der Waals surface area (Å²) in [6.07, 6.45) is 19.1. The Hall–Kier alpha value is -0.110. The molecule has 0 aromatic carbocycles. The fraction of sp³-hybridized carbons (Fsp3) is 0.800. The number of allylic oxidation sites excluding steroid dienone is 2. The first-order valence-electron chi connectivity index (χ1n) is 7.08. The number of unbranched alkanes of at least 4 members (excludes halogenated alkanes) is 10. The Morgan fingerprint density at radius 3 is 1.65 bits per heavy atom. The summed E-state index contributed by atoms with van der Waals surface area (Å²) >= 11 is 3.46. The van der Waals surface area contributed by atoms with Crippen molar-refractivity contribution >= 4 is 22.2 Å². The SMILES string of the molecule is O=C/C=C/CCCCCCCCCCCCBr. The predicted octanol–water partition coefficient (Wildman–Crippen LogP) is 5.43. The highest BCUT2D eigenvalue weighted by atomic mass is 79.9. The van der Waals surface area contributed by atoms with Gasteiger partial charge in [-0.3, -0.25) is 4.79 Å². The molecule has 0 aliphatic heterocycles. The molecule has 0 heterocycles. The summed E-state index contributed by atoms with van der Waals surface area (Å²) in [6, 6.07) is 0. The molecule has 1 nitrogen and oxygen atoms in total. The van der Waals surface area contributed by atoms with E-state index in [-0.39, 0.29) is 0 Å². The van der Waals surface area contributed by atoms with Crippen LogP contribution in [0.3, 0.4) is 0 Å². The quantitative estimate of drug-likeness (QED) is 0.192. The summed E-state index contributed by atoms with van der Waals surface area (Å²) in [4.78, 5) is 10.0. The van der Waals surface area contributed by atoms with Crippen LogP contribution in [0, 0.1) is 0 Å². The van der Waals surface area contributed by atoms with Crippen LogP contribution in [0.1, 0.15) is 70.6 Å². The molecule has 0 rings (SSSR count). The Bertz CT molecular complexity index is 178. The van der Waals surface area contributed by atoms with E-state index >= 15 is 0 Å². The molecule has 0 unspecified atom stereocenters. The van der Waals surface area contributed by atoms with Gasteiger partial charge in [0.1, 0.15) is 6.29 Å². The number of alkyl halides is 1. The highest BCUT2D eigenvalue weighted by Crippen LogP contribution is 2.11. The van der Waals surface area contributed by atoms with Crippen molar-refractivity contribution in [2.24, 2.45) is 0 Å². The van der Waals surface area contributed by atoms with Crippen molar-refractivity contribution in [1.29, 1.82) is 0 Å². The maximum absolute atomic E-state index is 10.0. The van der Waals surface area contributed by atoms with Gasteiger partial charge in [-0.05, 0) is 25.3 Å². The lowest BCUT2D eigenvalue weighted by atomic mass is 10.1. The van der Waals surface area contributed by atoms with Crippen LogP contribution >= 0.6 is 15.9 Å². The van der Waals surface area contributed by atoms with Crippen LogP contribution in [-0.2, 0) is 4.79 Å². The minimum atomic E-state index is 0.857. The van der Waals surface area contributed by atoms with Crippen LogP contribution in [0.4, 0.5) is 0 Å². The lowest BCUT2D eigenvalue weighted by Gasteiger charge is -2.01. The van der Waals surface area contributed by atoms with Gasteiger partial charge in [-0.25, -0.2) is 0 Å². The van der Waals surface area contributed by atoms with Crippen LogP contribution in [0.2, 0.25) is 0 Å². The molecule has 0 aromatic heterocycles. The van der Waals surface area contributed by atoms with Gasteiger partial charge in [-0.15, -0.1) is 0 Å². The smallest absolute Gasteiger partial charge is 0.142 e. The number of hydrogen-bond donors (Lipinski definition) is 0. The average Bonchev–Trinajstić information content (AvgIpc) is 2.35. The molecular weight excluding hydrogens is 276 g/mol. The van der Waals surface area contributed by atoms with Gasteiger partial charge in [-0.1, -0.05) is 73.4 Å². The lowest BCUT2D eigenvalue weighted by molar-refractivity contribution is -0.104. The van der Waals surface area contributed by atoms with E-state index in [0.717, 1.165) is 18.0 Å². The van der Waals surface area contributed by atoms with Crippen LogP contribution in [0.15, 0.2) is 12.2 Å². The second kappa shape index (κ2) is 15.9. The van der Waals surface area contributed by atoms with E-state index < -0.39 is 0 Å². The molecule has 2 heteroatoms. The molecule has 100 valence electrons. The van der Waals surface area contributed by atoms with Gasteiger partial charge in [0.25, 0.3) is 0 Å². The molecule has 0 bridgehead atoms. The zero-order valence-electron chi connectivity index (χ0n) is 11.0. The maximum atomic E-state index is 10.0. The first-order chi connectivity index (χ1) is 8.41. The molecule has 17 heavy (non-hydrogen) atoms. The minimum absolute atomic E-state index is 0.857. The molecule has 0 fully saturated rings. The number of aldehydes is 1. The second-order valence-corrected chi connectivity index (χ2v) is 5.37. The molecule has 0 radical (unpaired) electrons. The van der Waals surface area contributed by atoms with E-state index in [2.05, 4.69) is 15.9 Å². The maximum Gasteiger partial charge on any atom is 0.142 e. The molecule has 0 N–H and O–H groups in total. The van der Waals surface area contributed by atoms with Crippen LogP contribution in [-0.4, -0.2) is 11.6 Å². The zero-order valence-corrected chi connectivity index (χ0v) is 12.6. The zero-order chi connectivity index (χ0) is 12.6. The molecule has 0 atom stereocenters. The molecule has 0 saturated heterocycles. The summed E-state index contributed by atoms with van der Waals surface area (Å²) in [7, 11) is 0. The molecular formula is C15H27BrO. The van der Waals surface area contributed by atoms with E-state index in [9.17, 15) is 4.79 Å². The standard InChI is InChI=1S/C15H27BrO/c16-14-12-10-8-6-4-2-1-3-5-7-9-11-13-15-17/h11,13,15H,1-10,12,14H2/b13-11+. The van der Waals surface area contributed by atoms with Gasteiger partial charge >= 0.3 is 0 Å². The average molecular weight is 303 g/mol. The summed E-state index contributed by atoms with van der Waals surface area (Å²) in [6.45, 7) is 0. The van der Waals surface area contributed by atoms with Gasteiger partial charge in [0.15, 0.2) is 0 Å². The Labute approximate surface area is 115 Å². The van der Waals surface area contributed by atoms with Gasteiger partial charge < -0.3 is 0 Å². The largest absolute Gasteiger partial charge is 0.299 e. The summed E-state index contributed by atoms with van der Waals surface area (Å²) in [5, 5.41) is 1.16. The topological polar surface area (TPSA) is 17.1 Å². The number of carbonyl (C=O) groups is 1. The van der Waals surface area contributed by atoms with Crippen molar-refractivity contribution in [3.8, 4) is 0 Å². The Morgan fingerprint density at radius 2 is 1.18 bits per heavy atom. The van der Waals surface area contributed by atoms with E-state index in [1.165, 1.54) is 64.2 Å². The normalized spacial score (nSPS) is 11.1. The predicted molar refractivity (Wildman–Crippen MR) is 79.8 cm³/mol. The molecule has 0 spiro atoms. The van der Waals surface area contributed by atoms with Crippen molar-refractivity contribution in [2.75, 3.05) is 5.33 Å². The Morgan fingerprint density at radius 1 is 0.706 bits per heavy atom. The van der Waals surface area contributed by atoms with Crippen molar-refractivity contribution in [3.05, 3.63) is 12.2 Å². The summed E-state index contributed by atoms with van der Waals surface area (Å²) in [5.74, 6) is 0. The molecule has 0 aliphatic carbocycles. The number of halogens is 1. The Kier molecular flexibility index (Phi) is 15.8.